The molecule has 1 N–H and O–H groups in total. The van der Waals surface area contributed by atoms with E-state index in [-0.39, 0.29) is 0 Å². The molecule has 1 aromatic rings. The van der Waals surface area contributed by atoms with Crippen LogP contribution < -0.4 is 5.32 Å². The summed E-state index contributed by atoms with van der Waals surface area (Å²) in [5.41, 5.74) is 2.67. The van der Waals surface area contributed by atoms with Gasteiger partial charge >= 0.3 is 0 Å². The minimum absolute atomic E-state index is 0.442. The smallest absolute Gasteiger partial charge is 0.121 e. The molecule has 0 atom stereocenters. The standard InChI is InChI=1S/C12H21N3O/c1-8-9(15-16-14-8)6-13-7-10-11(2,3)12(10,4)5/h10,13H,6-7H2,1-5H3. The van der Waals surface area contributed by atoms with Crippen molar-refractivity contribution in [1.29, 1.82) is 0 Å². The molecule has 1 aliphatic rings. The molecule has 0 unspecified atom stereocenters. The lowest BCUT2D eigenvalue weighted by atomic mass is 10.0. The molecule has 1 saturated carbocycles. The van der Waals surface area contributed by atoms with Crippen molar-refractivity contribution in [2.24, 2.45) is 16.7 Å². The molecule has 1 aromatic heterocycles. The van der Waals surface area contributed by atoms with Crippen LogP contribution in [0, 0.1) is 23.7 Å². The zero-order valence-electron chi connectivity index (χ0n) is 10.8. The summed E-state index contributed by atoms with van der Waals surface area (Å²) in [4.78, 5) is 0. The van der Waals surface area contributed by atoms with Crippen molar-refractivity contribution >= 4 is 0 Å². The van der Waals surface area contributed by atoms with E-state index in [1.807, 2.05) is 6.92 Å². The molecule has 0 radical (unpaired) electrons. The van der Waals surface area contributed by atoms with Crippen LogP contribution >= 0.6 is 0 Å². The molecule has 0 bridgehead atoms. The van der Waals surface area contributed by atoms with Gasteiger partial charge in [-0.2, -0.15) is 0 Å². The van der Waals surface area contributed by atoms with Gasteiger partial charge in [0.2, 0.25) is 0 Å². The van der Waals surface area contributed by atoms with E-state index in [1.54, 1.807) is 0 Å². The fraction of sp³-hybridized carbons (Fsp3) is 0.833. The molecule has 0 saturated heterocycles. The second kappa shape index (κ2) is 3.55. The van der Waals surface area contributed by atoms with Crippen molar-refractivity contribution in [2.75, 3.05) is 6.54 Å². The van der Waals surface area contributed by atoms with E-state index >= 15 is 0 Å². The molecule has 90 valence electrons. The first-order chi connectivity index (χ1) is 7.37. The average Bonchev–Trinajstić information content (AvgIpc) is 2.52. The van der Waals surface area contributed by atoms with Crippen molar-refractivity contribution in [3.05, 3.63) is 11.4 Å². The van der Waals surface area contributed by atoms with Crippen LogP contribution in [-0.2, 0) is 6.54 Å². The first kappa shape index (κ1) is 11.6. The maximum Gasteiger partial charge on any atom is 0.121 e. The van der Waals surface area contributed by atoms with E-state index < -0.39 is 0 Å². The van der Waals surface area contributed by atoms with Gasteiger partial charge in [-0.1, -0.05) is 38.0 Å². The number of nitrogens with zero attached hydrogens (tertiary/aromatic N) is 2. The zero-order valence-corrected chi connectivity index (χ0v) is 10.8. The summed E-state index contributed by atoms with van der Waals surface area (Å²) in [5.74, 6) is 0.736. The van der Waals surface area contributed by atoms with Crippen LogP contribution in [0.3, 0.4) is 0 Å². The summed E-state index contributed by atoms with van der Waals surface area (Å²) >= 11 is 0. The van der Waals surface area contributed by atoms with Crippen molar-refractivity contribution in [2.45, 2.75) is 41.2 Å². The molecule has 16 heavy (non-hydrogen) atoms. The average molecular weight is 223 g/mol. The third-order valence-electron chi connectivity index (χ3n) is 4.71. The molecule has 2 rings (SSSR count). The van der Waals surface area contributed by atoms with Crippen molar-refractivity contribution in [3.63, 3.8) is 0 Å². The summed E-state index contributed by atoms with van der Waals surface area (Å²) in [6, 6.07) is 0. The first-order valence-corrected chi connectivity index (χ1v) is 5.86. The lowest BCUT2D eigenvalue weighted by molar-refractivity contribution is 0.300. The summed E-state index contributed by atoms with van der Waals surface area (Å²) in [5, 5.41) is 11.1. The Morgan fingerprint density at radius 1 is 1.19 bits per heavy atom. The van der Waals surface area contributed by atoms with Crippen LogP contribution in [0.2, 0.25) is 0 Å². The third-order valence-corrected chi connectivity index (χ3v) is 4.71. The van der Waals surface area contributed by atoms with Crippen LogP contribution in [0.25, 0.3) is 0 Å². The topological polar surface area (TPSA) is 51.0 Å². The Balaban J connectivity index is 1.81. The van der Waals surface area contributed by atoms with Crippen LogP contribution in [0.5, 0.6) is 0 Å². The van der Waals surface area contributed by atoms with E-state index in [0.717, 1.165) is 30.4 Å². The van der Waals surface area contributed by atoms with Crippen molar-refractivity contribution in [1.82, 2.24) is 15.6 Å². The van der Waals surface area contributed by atoms with Crippen LogP contribution in [0.15, 0.2) is 4.63 Å². The summed E-state index contributed by atoms with van der Waals surface area (Å²) in [6.07, 6.45) is 0. The minimum atomic E-state index is 0.442. The summed E-state index contributed by atoms with van der Waals surface area (Å²) < 4.78 is 4.66. The van der Waals surface area contributed by atoms with Gasteiger partial charge in [-0.15, -0.1) is 0 Å². The number of nitrogens with one attached hydrogen (secondary N) is 1. The Hall–Kier alpha value is -0.900. The van der Waals surface area contributed by atoms with Crippen LogP contribution in [0.4, 0.5) is 0 Å². The highest BCUT2D eigenvalue weighted by molar-refractivity contribution is 5.13. The highest BCUT2D eigenvalue weighted by atomic mass is 16.6. The maximum absolute atomic E-state index is 4.66. The molecule has 1 fully saturated rings. The number of aryl methyl sites for hydroxylation is 1. The van der Waals surface area contributed by atoms with Gasteiger partial charge < -0.3 is 5.32 Å². The molecule has 4 heteroatoms. The van der Waals surface area contributed by atoms with Crippen molar-refractivity contribution in [3.8, 4) is 0 Å². The SMILES string of the molecule is Cc1nonc1CNCC1C(C)(C)C1(C)C. The van der Waals surface area contributed by atoms with Gasteiger partial charge in [0, 0.05) is 6.54 Å². The van der Waals surface area contributed by atoms with Gasteiger partial charge in [0.15, 0.2) is 0 Å². The third kappa shape index (κ3) is 1.65. The van der Waals surface area contributed by atoms with Gasteiger partial charge in [-0.25, -0.2) is 4.63 Å². The van der Waals surface area contributed by atoms with Crippen LogP contribution in [0.1, 0.15) is 39.1 Å². The van der Waals surface area contributed by atoms with Gasteiger partial charge in [-0.3, -0.25) is 0 Å². The quantitative estimate of drug-likeness (QED) is 0.849. The number of aromatic nitrogens is 2. The zero-order chi connectivity index (χ0) is 12.0. The van der Waals surface area contributed by atoms with E-state index in [4.69, 9.17) is 0 Å². The molecule has 1 heterocycles. The molecule has 0 aromatic carbocycles. The Morgan fingerprint density at radius 2 is 1.81 bits per heavy atom. The van der Waals surface area contributed by atoms with E-state index in [2.05, 4.69) is 48.0 Å². The Labute approximate surface area is 96.8 Å². The fourth-order valence-electron chi connectivity index (χ4n) is 2.59. The molecule has 1 aliphatic carbocycles. The van der Waals surface area contributed by atoms with Gasteiger partial charge in [0.05, 0.1) is 0 Å². The largest absolute Gasteiger partial charge is 0.311 e. The van der Waals surface area contributed by atoms with Crippen LogP contribution in [-0.4, -0.2) is 16.9 Å². The molecule has 0 spiro atoms. The number of hydrogen-bond acceptors (Lipinski definition) is 4. The normalized spacial score (nSPS) is 22.3. The van der Waals surface area contributed by atoms with Gasteiger partial charge in [0.25, 0.3) is 0 Å². The fourth-order valence-corrected chi connectivity index (χ4v) is 2.59. The van der Waals surface area contributed by atoms with Crippen molar-refractivity contribution < 1.29 is 4.63 Å². The number of rotatable bonds is 4. The molecule has 0 amide bonds. The summed E-state index contributed by atoms with van der Waals surface area (Å²) in [6.45, 7) is 13.0. The van der Waals surface area contributed by atoms with E-state index in [9.17, 15) is 0 Å². The predicted octanol–water partition coefficient (Wildman–Crippen LogP) is 2.15. The second-order valence-corrected chi connectivity index (χ2v) is 5.92. The first-order valence-electron chi connectivity index (χ1n) is 5.86. The predicted molar refractivity (Wildman–Crippen MR) is 61.8 cm³/mol. The lowest BCUT2D eigenvalue weighted by Gasteiger charge is -2.04. The Kier molecular flexibility index (Phi) is 2.57. The summed E-state index contributed by atoms with van der Waals surface area (Å²) in [7, 11) is 0. The molecule has 4 nitrogen and oxygen atoms in total. The molecule has 0 aliphatic heterocycles. The van der Waals surface area contributed by atoms with Gasteiger partial charge in [0.1, 0.15) is 11.4 Å². The minimum Gasteiger partial charge on any atom is -0.311 e. The molecular weight excluding hydrogens is 202 g/mol. The maximum atomic E-state index is 4.66. The van der Waals surface area contributed by atoms with E-state index in [1.165, 1.54) is 0 Å². The number of hydrogen-bond donors (Lipinski definition) is 1. The Morgan fingerprint density at radius 3 is 2.25 bits per heavy atom. The lowest BCUT2D eigenvalue weighted by Crippen LogP contribution is -2.19. The van der Waals surface area contributed by atoms with E-state index in [0.29, 0.717) is 10.8 Å². The highest BCUT2D eigenvalue weighted by Crippen LogP contribution is 2.67. The highest BCUT2D eigenvalue weighted by Gasteiger charge is 2.63. The van der Waals surface area contributed by atoms with Gasteiger partial charge in [-0.05, 0) is 30.2 Å². The Bertz CT molecular complexity index is 367. The molecular formula is C12H21N3O. The second-order valence-electron chi connectivity index (χ2n) is 5.92. The monoisotopic (exact) mass is 223 g/mol.